The Labute approximate surface area is 99.8 Å². The van der Waals surface area contributed by atoms with E-state index in [2.05, 4.69) is 24.1 Å². The Morgan fingerprint density at radius 1 is 1.19 bits per heavy atom. The van der Waals surface area contributed by atoms with Gasteiger partial charge in [0, 0.05) is 23.7 Å². The average Bonchev–Trinajstić information content (AvgIpc) is 2.95. The van der Waals surface area contributed by atoms with E-state index in [1.165, 1.54) is 51.5 Å². The lowest BCUT2D eigenvalue weighted by Crippen LogP contribution is -2.53. The van der Waals surface area contributed by atoms with Gasteiger partial charge in [0.15, 0.2) is 0 Å². The van der Waals surface area contributed by atoms with Crippen molar-refractivity contribution in [2.45, 2.75) is 82.5 Å². The molecular formula is C14H26N2. The lowest BCUT2D eigenvalue weighted by molar-refractivity contribution is 0.0650. The standard InChI is InChI=1S/C14H26N2/c1-3-8-15-11-9-12-4-5-13(10-11)16(12)14(2)6-7-14/h11-13,15H,3-10H2,1-2H3. The quantitative estimate of drug-likeness (QED) is 0.786. The molecule has 92 valence electrons. The molecular weight excluding hydrogens is 196 g/mol. The second-order valence-electron chi connectivity index (χ2n) is 6.41. The molecule has 0 aromatic heterocycles. The van der Waals surface area contributed by atoms with E-state index in [1.807, 2.05) is 0 Å². The first kappa shape index (κ1) is 11.0. The van der Waals surface area contributed by atoms with Crippen LogP contribution in [0.15, 0.2) is 0 Å². The van der Waals surface area contributed by atoms with Crippen molar-refractivity contribution < 1.29 is 0 Å². The zero-order valence-electron chi connectivity index (χ0n) is 10.8. The summed E-state index contributed by atoms with van der Waals surface area (Å²) in [6.45, 7) is 5.96. The van der Waals surface area contributed by atoms with Gasteiger partial charge in [-0.3, -0.25) is 4.90 Å². The summed E-state index contributed by atoms with van der Waals surface area (Å²) in [5, 5.41) is 3.74. The van der Waals surface area contributed by atoms with Crippen LogP contribution in [-0.2, 0) is 0 Å². The van der Waals surface area contributed by atoms with Gasteiger partial charge < -0.3 is 5.32 Å². The van der Waals surface area contributed by atoms with E-state index in [-0.39, 0.29) is 0 Å². The van der Waals surface area contributed by atoms with E-state index in [0.29, 0.717) is 5.54 Å². The maximum Gasteiger partial charge on any atom is 0.0188 e. The highest BCUT2D eigenvalue weighted by Gasteiger charge is 2.53. The molecule has 0 aromatic rings. The molecule has 3 fully saturated rings. The molecule has 1 saturated carbocycles. The number of piperidine rings is 1. The maximum atomic E-state index is 3.74. The van der Waals surface area contributed by atoms with Crippen LogP contribution in [0.25, 0.3) is 0 Å². The van der Waals surface area contributed by atoms with Crippen LogP contribution in [0.3, 0.4) is 0 Å². The molecule has 0 radical (unpaired) electrons. The largest absolute Gasteiger partial charge is 0.314 e. The van der Waals surface area contributed by atoms with Crippen LogP contribution in [-0.4, -0.2) is 35.1 Å². The van der Waals surface area contributed by atoms with Crippen LogP contribution in [0.2, 0.25) is 0 Å². The van der Waals surface area contributed by atoms with Crippen molar-refractivity contribution in [2.75, 3.05) is 6.54 Å². The van der Waals surface area contributed by atoms with Gasteiger partial charge in [0.2, 0.25) is 0 Å². The summed E-state index contributed by atoms with van der Waals surface area (Å²) in [7, 11) is 0. The SMILES string of the molecule is CCCNC1CC2CCC(C1)N2C1(C)CC1. The first-order valence-corrected chi connectivity index (χ1v) is 7.25. The number of fused-ring (bicyclic) bond motifs is 2. The van der Waals surface area contributed by atoms with E-state index in [4.69, 9.17) is 0 Å². The zero-order chi connectivity index (χ0) is 11.2. The number of nitrogens with zero attached hydrogens (tertiary/aromatic N) is 1. The molecule has 2 heteroatoms. The number of nitrogens with one attached hydrogen (secondary N) is 1. The van der Waals surface area contributed by atoms with Gasteiger partial charge in [0.1, 0.15) is 0 Å². The van der Waals surface area contributed by atoms with Crippen LogP contribution in [0, 0.1) is 0 Å². The lowest BCUT2D eigenvalue weighted by atomic mass is 9.95. The molecule has 2 nitrogen and oxygen atoms in total. The molecule has 2 saturated heterocycles. The van der Waals surface area contributed by atoms with E-state index in [9.17, 15) is 0 Å². The normalized spacial score (nSPS) is 41.2. The van der Waals surface area contributed by atoms with Gasteiger partial charge in [-0.1, -0.05) is 6.92 Å². The van der Waals surface area contributed by atoms with Crippen LogP contribution in [0.4, 0.5) is 0 Å². The minimum atomic E-state index is 0.613. The lowest BCUT2D eigenvalue weighted by Gasteiger charge is -2.43. The molecule has 2 heterocycles. The van der Waals surface area contributed by atoms with Gasteiger partial charge in [-0.2, -0.15) is 0 Å². The molecule has 2 unspecified atom stereocenters. The van der Waals surface area contributed by atoms with Gasteiger partial charge in [-0.05, 0) is 58.4 Å². The molecule has 16 heavy (non-hydrogen) atoms. The first-order valence-electron chi connectivity index (χ1n) is 7.25. The predicted octanol–water partition coefficient (Wildman–Crippen LogP) is 2.53. The van der Waals surface area contributed by atoms with Crippen LogP contribution in [0.1, 0.15) is 58.8 Å². The summed E-state index contributed by atoms with van der Waals surface area (Å²) < 4.78 is 0. The molecule has 2 bridgehead atoms. The Hall–Kier alpha value is -0.0800. The monoisotopic (exact) mass is 222 g/mol. The van der Waals surface area contributed by atoms with Crippen molar-refractivity contribution in [3.05, 3.63) is 0 Å². The summed E-state index contributed by atoms with van der Waals surface area (Å²) in [6, 6.07) is 2.62. The zero-order valence-corrected chi connectivity index (χ0v) is 10.8. The van der Waals surface area contributed by atoms with Gasteiger partial charge >= 0.3 is 0 Å². The highest BCUT2D eigenvalue weighted by Crippen LogP contribution is 2.50. The molecule has 1 aliphatic carbocycles. The summed E-state index contributed by atoms with van der Waals surface area (Å²) in [6.07, 6.45) is 9.92. The summed E-state index contributed by atoms with van der Waals surface area (Å²) in [5.74, 6) is 0. The fraction of sp³-hybridized carbons (Fsp3) is 1.00. The van der Waals surface area contributed by atoms with Crippen molar-refractivity contribution in [3.63, 3.8) is 0 Å². The fourth-order valence-electron chi connectivity index (χ4n) is 4.01. The second-order valence-corrected chi connectivity index (χ2v) is 6.41. The second kappa shape index (κ2) is 3.99. The van der Waals surface area contributed by atoms with E-state index >= 15 is 0 Å². The minimum Gasteiger partial charge on any atom is -0.314 e. The highest BCUT2D eigenvalue weighted by atomic mass is 15.3. The molecule has 2 atom stereocenters. The topological polar surface area (TPSA) is 15.3 Å². The molecule has 3 aliphatic rings. The minimum absolute atomic E-state index is 0.613. The molecule has 0 amide bonds. The van der Waals surface area contributed by atoms with Crippen molar-refractivity contribution >= 4 is 0 Å². The Morgan fingerprint density at radius 3 is 2.31 bits per heavy atom. The summed E-state index contributed by atoms with van der Waals surface area (Å²) >= 11 is 0. The predicted molar refractivity (Wildman–Crippen MR) is 67.6 cm³/mol. The van der Waals surface area contributed by atoms with E-state index in [0.717, 1.165) is 18.1 Å². The highest BCUT2D eigenvalue weighted by molar-refractivity contribution is 5.10. The Kier molecular flexibility index (Phi) is 2.75. The van der Waals surface area contributed by atoms with Crippen molar-refractivity contribution in [1.29, 1.82) is 0 Å². The van der Waals surface area contributed by atoms with Crippen molar-refractivity contribution in [2.24, 2.45) is 0 Å². The number of hydrogen-bond donors (Lipinski definition) is 1. The van der Waals surface area contributed by atoms with Crippen LogP contribution >= 0.6 is 0 Å². The first-order chi connectivity index (χ1) is 7.73. The third-order valence-corrected chi connectivity index (χ3v) is 5.01. The maximum absolute atomic E-state index is 3.74. The molecule has 0 aromatic carbocycles. The van der Waals surface area contributed by atoms with Gasteiger partial charge in [-0.25, -0.2) is 0 Å². The fourth-order valence-corrected chi connectivity index (χ4v) is 4.01. The van der Waals surface area contributed by atoms with Gasteiger partial charge in [0.05, 0.1) is 0 Å². The Balaban J connectivity index is 1.63. The number of hydrogen-bond acceptors (Lipinski definition) is 2. The van der Waals surface area contributed by atoms with Crippen molar-refractivity contribution in [3.8, 4) is 0 Å². The Bertz CT molecular complexity index is 245. The third-order valence-electron chi connectivity index (χ3n) is 5.01. The van der Waals surface area contributed by atoms with Gasteiger partial charge in [0.25, 0.3) is 0 Å². The average molecular weight is 222 g/mol. The molecule has 0 spiro atoms. The van der Waals surface area contributed by atoms with Crippen LogP contribution < -0.4 is 5.32 Å². The van der Waals surface area contributed by atoms with E-state index in [1.54, 1.807) is 0 Å². The number of rotatable bonds is 4. The molecule has 3 rings (SSSR count). The third kappa shape index (κ3) is 1.80. The summed E-state index contributed by atoms with van der Waals surface area (Å²) in [5.41, 5.74) is 0.613. The van der Waals surface area contributed by atoms with Gasteiger partial charge in [-0.15, -0.1) is 0 Å². The van der Waals surface area contributed by atoms with Crippen LogP contribution in [0.5, 0.6) is 0 Å². The van der Waals surface area contributed by atoms with E-state index < -0.39 is 0 Å². The Morgan fingerprint density at radius 2 is 1.81 bits per heavy atom. The smallest absolute Gasteiger partial charge is 0.0188 e. The van der Waals surface area contributed by atoms with Crippen molar-refractivity contribution in [1.82, 2.24) is 10.2 Å². The summed E-state index contributed by atoms with van der Waals surface area (Å²) in [4.78, 5) is 2.90. The molecule has 1 N–H and O–H groups in total. The molecule has 2 aliphatic heterocycles.